The van der Waals surface area contributed by atoms with Crippen molar-refractivity contribution < 1.29 is 4.79 Å². The number of piperidine rings is 1. The molecule has 0 aromatic carbocycles. The SMILES string of the molecule is CC(C)(C)c1ccc(N2CCC(CC(=O)NC3CCCC3)CC2)nn1. The number of amides is 1. The van der Waals surface area contributed by atoms with Crippen LogP contribution in [-0.2, 0) is 10.2 Å². The van der Waals surface area contributed by atoms with Gasteiger partial charge in [-0.2, -0.15) is 5.10 Å². The number of hydrogen-bond acceptors (Lipinski definition) is 4. The summed E-state index contributed by atoms with van der Waals surface area (Å²) in [4.78, 5) is 14.5. The fourth-order valence-corrected chi connectivity index (χ4v) is 3.88. The van der Waals surface area contributed by atoms with E-state index in [4.69, 9.17) is 0 Å². The van der Waals surface area contributed by atoms with Crippen molar-refractivity contribution in [3.05, 3.63) is 17.8 Å². The molecule has 5 heteroatoms. The molecule has 0 atom stereocenters. The molecule has 1 N–H and O–H groups in total. The van der Waals surface area contributed by atoms with Crippen molar-refractivity contribution in [3.63, 3.8) is 0 Å². The van der Waals surface area contributed by atoms with Crippen molar-refractivity contribution in [2.75, 3.05) is 18.0 Å². The van der Waals surface area contributed by atoms with Crippen molar-refractivity contribution in [1.29, 1.82) is 0 Å². The van der Waals surface area contributed by atoms with E-state index in [-0.39, 0.29) is 11.3 Å². The first-order valence-electron chi connectivity index (χ1n) is 9.80. The minimum Gasteiger partial charge on any atom is -0.355 e. The summed E-state index contributed by atoms with van der Waals surface area (Å²) >= 11 is 0. The van der Waals surface area contributed by atoms with Crippen LogP contribution in [0.3, 0.4) is 0 Å². The molecular formula is C20H32N4O. The van der Waals surface area contributed by atoms with Gasteiger partial charge in [-0.05, 0) is 43.7 Å². The zero-order chi connectivity index (χ0) is 17.9. The van der Waals surface area contributed by atoms with Crippen LogP contribution in [-0.4, -0.2) is 35.2 Å². The summed E-state index contributed by atoms with van der Waals surface area (Å²) in [5.41, 5.74) is 1.06. The van der Waals surface area contributed by atoms with Crippen LogP contribution >= 0.6 is 0 Å². The first-order chi connectivity index (χ1) is 11.9. The molecule has 25 heavy (non-hydrogen) atoms. The molecule has 1 saturated carbocycles. The maximum Gasteiger partial charge on any atom is 0.220 e. The fraction of sp³-hybridized carbons (Fsp3) is 0.750. The van der Waals surface area contributed by atoms with Crippen LogP contribution < -0.4 is 10.2 Å². The second kappa shape index (κ2) is 7.71. The average Bonchev–Trinajstić information content (AvgIpc) is 3.08. The number of carbonyl (C=O) groups is 1. The van der Waals surface area contributed by atoms with E-state index >= 15 is 0 Å². The minimum atomic E-state index is 0.0329. The van der Waals surface area contributed by atoms with Crippen molar-refractivity contribution in [2.24, 2.45) is 5.92 Å². The monoisotopic (exact) mass is 344 g/mol. The van der Waals surface area contributed by atoms with E-state index in [1.54, 1.807) is 0 Å². The summed E-state index contributed by atoms with van der Waals surface area (Å²) in [6.45, 7) is 8.38. The highest BCUT2D eigenvalue weighted by Gasteiger charge is 2.25. The Morgan fingerprint density at radius 2 is 1.80 bits per heavy atom. The Labute approximate surface area is 151 Å². The van der Waals surface area contributed by atoms with E-state index in [0.717, 1.165) is 50.3 Å². The van der Waals surface area contributed by atoms with Gasteiger partial charge < -0.3 is 10.2 Å². The van der Waals surface area contributed by atoms with Crippen LogP contribution in [0.5, 0.6) is 0 Å². The van der Waals surface area contributed by atoms with Gasteiger partial charge in [0.25, 0.3) is 0 Å². The molecule has 2 heterocycles. The van der Waals surface area contributed by atoms with Crippen molar-refractivity contribution in [1.82, 2.24) is 15.5 Å². The molecule has 1 amide bonds. The summed E-state index contributed by atoms with van der Waals surface area (Å²) in [7, 11) is 0. The van der Waals surface area contributed by atoms with Crippen LogP contribution in [0.4, 0.5) is 5.82 Å². The number of nitrogens with zero attached hydrogens (tertiary/aromatic N) is 3. The molecule has 1 saturated heterocycles. The molecule has 5 nitrogen and oxygen atoms in total. The Balaban J connectivity index is 1.45. The second-order valence-corrected chi connectivity index (χ2v) is 8.71. The second-order valence-electron chi connectivity index (χ2n) is 8.71. The van der Waals surface area contributed by atoms with Gasteiger partial charge in [-0.15, -0.1) is 5.10 Å². The standard InChI is InChI=1S/C20H32N4O/c1-20(2,3)17-8-9-18(23-22-17)24-12-10-15(11-13-24)14-19(25)21-16-6-4-5-7-16/h8-9,15-16H,4-7,10-14H2,1-3H3,(H,21,25). The molecule has 1 aromatic rings. The van der Waals surface area contributed by atoms with Gasteiger partial charge in [0.15, 0.2) is 5.82 Å². The molecule has 138 valence electrons. The molecule has 2 fully saturated rings. The Morgan fingerprint density at radius 1 is 1.12 bits per heavy atom. The summed E-state index contributed by atoms with van der Waals surface area (Å²) in [5.74, 6) is 1.71. The molecule has 2 aliphatic rings. The van der Waals surface area contributed by atoms with E-state index in [0.29, 0.717) is 18.4 Å². The summed E-state index contributed by atoms with van der Waals surface area (Å²) in [6.07, 6.45) is 7.64. The zero-order valence-corrected chi connectivity index (χ0v) is 15.9. The highest BCUT2D eigenvalue weighted by atomic mass is 16.1. The molecule has 1 aromatic heterocycles. The summed E-state index contributed by atoms with van der Waals surface area (Å²) in [6, 6.07) is 4.61. The van der Waals surface area contributed by atoms with E-state index in [9.17, 15) is 4.79 Å². The van der Waals surface area contributed by atoms with E-state index in [2.05, 4.69) is 53.3 Å². The highest BCUT2D eigenvalue weighted by Crippen LogP contribution is 2.26. The third kappa shape index (κ3) is 4.93. The molecule has 0 bridgehead atoms. The highest BCUT2D eigenvalue weighted by molar-refractivity contribution is 5.76. The first-order valence-corrected chi connectivity index (χ1v) is 9.80. The van der Waals surface area contributed by atoms with E-state index in [1.165, 1.54) is 12.8 Å². The molecule has 1 aliphatic carbocycles. The van der Waals surface area contributed by atoms with Crippen molar-refractivity contribution in [2.45, 2.75) is 77.2 Å². The van der Waals surface area contributed by atoms with Crippen molar-refractivity contribution >= 4 is 11.7 Å². The molecular weight excluding hydrogens is 312 g/mol. The number of nitrogens with one attached hydrogen (secondary N) is 1. The first kappa shape index (κ1) is 18.2. The molecule has 0 spiro atoms. The lowest BCUT2D eigenvalue weighted by Crippen LogP contribution is -2.38. The molecule has 3 rings (SSSR count). The van der Waals surface area contributed by atoms with Gasteiger partial charge >= 0.3 is 0 Å². The lowest BCUT2D eigenvalue weighted by atomic mass is 9.92. The number of hydrogen-bond donors (Lipinski definition) is 1. The van der Waals surface area contributed by atoms with Gasteiger partial charge in [0, 0.05) is 31.0 Å². The van der Waals surface area contributed by atoms with Gasteiger partial charge in [0.2, 0.25) is 5.91 Å². The maximum absolute atomic E-state index is 12.2. The third-order valence-electron chi connectivity index (χ3n) is 5.55. The summed E-state index contributed by atoms with van der Waals surface area (Å²) in [5, 5.41) is 12.0. The Bertz CT molecular complexity index is 564. The minimum absolute atomic E-state index is 0.0329. The Morgan fingerprint density at radius 3 is 2.36 bits per heavy atom. The summed E-state index contributed by atoms with van der Waals surface area (Å²) < 4.78 is 0. The predicted molar refractivity (Wildman–Crippen MR) is 101 cm³/mol. The van der Waals surface area contributed by atoms with Crippen molar-refractivity contribution in [3.8, 4) is 0 Å². The quantitative estimate of drug-likeness (QED) is 0.909. The zero-order valence-electron chi connectivity index (χ0n) is 15.9. The normalized spacial score (nSPS) is 20.0. The maximum atomic E-state index is 12.2. The molecule has 0 unspecified atom stereocenters. The van der Waals surface area contributed by atoms with Gasteiger partial charge in [-0.3, -0.25) is 4.79 Å². The van der Waals surface area contributed by atoms with Gasteiger partial charge in [-0.1, -0.05) is 33.6 Å². The van der Waals surface area contributed by atoms with E-state index in [1.807, 2.05) is 0 Å². The Kier molecular flexibility index (Phi) is 5.60. The number of anilines is 1. The molecule has 1 aliphatic heterocycles. The fourth-order valence-electron chi connectivity index (χ4n) is 3.88. The lowest BCUT2D eigenvalue weighted by Gasteiger charge is -2.32. The molecule has 0 radical (unpaired) electrons. The van der Waals surface area contributed by atoms with Crippen LogP contribution in [0.15, 0.2) is 12.1 Å². The third-order valence-corrected chi connectivity index (χ3v) is 5.55. The van der Waals surface area contributed by atoms with Crippen LogP contribution in [0.2, 0.25) is 0 Å². The smallest absolute Gasteiger partial charge is 0.220 e. The van der Waals surface area contributed by atoms with Crippen LogP contribution in [0.25, 0.3) is 0 Å². The Hall–Kier alpha value is -1.65. The van der Waals surface area contributed by atoms with Gasteiger partial charge in [0.1, 0.15) is 0 Å². The largest absolute Gasteiger partial charge is 0.355 e. The average molecular weight is 345 g/mol. The topological polar surface area (TPSA) is 58.1 Å². The van der Waals surface area contributed by atoms with Gasteiger partial charge in [-0.25, -0.2) is 0 Å². The number of rotatable bonds is 4. The van der Waals surface area contributed by atoms with Crippen LogP contribution in [0.1, 0.15) is 71.4 Å². The lowest BCUT2D eigenvalue weighted by molar-refractivity contribution is -0.122. The number of carbonyl (C=O) groups excluding carboxylic acids is 1. The number of aromatic nitrogens is 2. The predicted octanol–water partition coefficient (Wildman–Crippen LogP) is 3.44. The van der Waals surface area contributed by atoms with Gasteiger partial charge in [0.05, 0.1) is 5.69 Å². The van der Waals surface area contributed by atoms with Crippen LogP contribution in [0, 0.1) is 5.92 Å². The van der Waals surface area contributed by atoms with E-state index < -0.39 is 0 Å².